The van der Waals surface area contributed by atoms with E-state index in [-0.39, 0.29) is 0 Å². The maximum atomic E-state index is 5.53. The summed E-state index contributed by atoms with van der Waals surface area (Å²) in [5.74, 6) is 1.97. The highest BCUT2D eigenvalue weighted by Gasteiger charge is 2.22. The number of aromatic nitrogens is 4. The van der Waals surface area contributed by atoms with Gasteiger partial charge in [-0.15, -0.1) is 0 Å². The van der Waals surface area contributed by atoms with E-state index in [0.717, 1.165) is 43.4 Å². The summed E-state index contributed by atoms with van der Waals surface area (Å²) in [5, 5.41) is 4.51. The van der Waals surface area contributed by atoms with Gasteiger partial charge in [0.05, 0.1) is 18.0 Å². The lowest BCUT2D eigenvalue weighted by Crippen LogP contribution is -2.21. The Morgan fingerprint density at radius 3 is 2.76 bits per heavy atom. The molecule has 2 aromatic rings. The first kappa shape index (κ1) is 17.8. The summed E-state index contributed by atoms with van der Waals surface area (Å²) >= 11 is 0. The zero-order valence-corrected chi connectivity index (χ0v) is 15.7. The number of anilines is 1. The Bertz CT molecular complexity index is 737. The largest absolute Gasteiger partial charge is 0.381 e. The molecule has 7 nitrogen and oxygen atoms in total. The molecule has 1 aliphatic heterocycles. The van der Waals surface area contributed by atoms with Crippen molar-refractivity contribution in [1.29, 1.82) is 0 Å². The van der Waals surface area contributed by atoms with E-state index in [1.807, 2.05) is 18.7 Å². The van der Waals surface area contributed by atoms with Crippen LogP contribution in [0.4, 0.5) is 5.82 Å². The normalized spacial score (nSPS) is 17.2. The van der Waals surface area contributed by atoms with E-state index >= 15 is 0 Å². The lowest BCUT2D eigenvalue weighted by molar-refractivity contribution is 0.177. The lowest BCUT2D eigenvalue weighted by atomic mass is 10.0. The van der Waals surface area contributed by atoms with Gasteiger partial charge in [-0.2, -0.15) is 5.10 Å². The van der Waals surface area contributed by atoms with Gasteiger partial charge < -0.3 is 14.4 Å². The molecule has 1 fully saturated rings. The van der Waals surface area contributed by atoms with Crippen LogP contribution in [0.25, 0.3) is 0 Å². The van der Waals surface area contributed by atoms with Crippen LogP contribution in [0, 0.1) is 13.8 Å². The topological polar surface area (TPSA) is 65.3 Å². The molecule has 1 saturated heterocycles. The number of nitrogens with zero attached hydrogens (tertiary/aromatic N) is 5. The molecule has 0 N–H and O–H groups in total. The van der Waals surface area contributed by atoms with Crippen molar-refractivity contribution >= 4 is 5.82 Å². The molecule has 136 valence electrons. The number of hydrogen-bond donors (Lipinski definition) is 0. The van der Waals surface area contributed by atoms with Gasteiger partial charge in [0.1, 0.15) is 12.4 Å². The van der Waals surface area contributed by atoms with Crippen molar-refractivity contribution in [2.24, 2.45) is 7.05 Å². The smallest absolute Gasteiger partial charge is 0.156 e. The Morgan fingerprint density at radius 2 is 2.16 bits per heavy atom. The van der Waals surface area contributed by atoms with Gasteiger partial charge >= 0.3 is 0 Å². The fourth-order valence-corrected chi connectivity index (χ4v) is 3.23. The van der Waals surface area contributed by atoms with E-state index in [4.69, 9.17) is 9.47 Å². The third-order valence-corrected chi connectivity index (χ3v) is 4.85. The van der Waals surface area contributed by atoms with Gasteiger partial charge in [0, 0.05) is 57.6 Å². The molecule has 0 bridgehead atoms. The van der Waals surface area contributed by atoms with E-state index in [2.05, 4.69) is 40.0 Å². The van der Waals surface area contributed by atoms with Crippen LogP contribution >= 0.6 is 0 Å². The molecule has 0 spiro atoms. The Hall–Kier alpha value is -1.99. The first-order valence-electron chi connectivity index (χ1n) is 8.64. The van der Waals surface area contributed by atoms with Crippen molar-refractivity contribution in [1.82, 2.24) is 19.7 Å². The van der Waals surface area contributed by atoms with Crippen molar-refractivity contribution in [3.05, 3.63) is 34.5 Å². The third kappa shape index (κ3) is 3.82. The molecule has 1 atom stereocenters. The van der Waals surface area contributed by atoms with Gasteiger partial charge in [0.25, 0.3) is 0 Å². The average molecular weight is 345 g/mol. The minimum atomic E-state index is 0.340. The zero-order chi connectivity index (χ0) is 18.0. The van der Waals surface area contributed by atoms with Gasteiger partial charge in [-0.25, -0.2) is 9.97 Å². The first-order valence-corrected chi connectivity index (χ1v) is 8.64. The molecule has 25 heavy (non-hydrogen) atoms. The summed E-state index contributed by atoms with van der Waals surface area (Å²) < 4.78 is 12.7. The van der Waals surface area contributed by atoms with E-state index < -0.39 is 0 Å². The molecule has 2 aromatic heterocycles. The molecule has 3 heterocycles. The van der Waals surface area contributed by atoms with Crippen LogP contribution in [0.5, 0.6) is 0 Å². The second kappa shape index (κ2) is 7.49. The summed E-state index contributed by atoms with van der Waals surface area (Å²) in [6, 6.07) is 2.08. The van der Waals surface area contributed by atoms with E-state index in [9.17, 15) is 0 Å². The molecule has 7 heteroatoms. The molecule has 0 radical (unpaired) electrons. The summed E-state index contributed by atoms with van der Waals surface area (Å²) in [4.78, 5) is 11.5. The van der Waals surface area contributed by atoms with Gasteiger partial charge in [-0.05, 0) is 20.3 Å². The maximum absolute atomic E-state index is 5.53. The average Bonchev–Trinajstić information content (AvgIpc) is 3.20. The Labute approximate surface area is 149 Å². The van der Waals surface area contributed by atoms with E-state index in [1.165, 1.54) is 11.3 Å². The van der Waals surface area contributed by atoms with Crippen LogP contribution in [0.2, 0.25) is 0 Å². The molecule has 0 aromatic carbocycles. The Morgan fingerprint density at radius 1 is 1.36 bits per heavy atom. The third-order valence-electron chi connectivity index (χ3n) is 4.85. The number of rotatable bonds is 6. The fraction of sp³-hybridized carbons (Fsp3) is 0.611. The van der Waals surface area contributed by atoms with E-state index in [1.54, 1.807) is 7.11 Å². The number of methoxy groups -OCH3 is 1. The molecule has 1 aliphatic rings. The highest BCUT2D eigenvalue weighted by molar-refractivity contribution is 5.42. The summed E-state index contributed by atoms with van der Waals surface area (Å²) in [6.45, 7) is 6.85. The predicted molar refractivity (Wildman–Crippen MR) is 95.7 cm³/mol. The number of hydrogen-bond acceptors (Lipinski definition) is 6. The van der Waals surface area contributed by atoms with Gasteiger partial charge in [-0.3, -0.25) is 4.68 Å². The van der Waals surface area contributed by atoms with Crippen LogP contribution in [0.15, 0.2) is 6.07 Å². The quantitative estimate of drug-likeness (QED) is 0.799. The summed E-state index contributed by atoms with van der Waals surface area (Å²) in [6.07, 6.45) is 1.01. The standard InChI is InChI=1S/C18H27N5O2/c1-12-15(13(2)23(4)21-12)9-22(3)18-8-16(14-6-7-25-10-14)19-17(20-18)11-24-5/h8,14H,6-7,9-11H2,1-5H3. The summed E-state index contributed by atoms with van der Waals surface area (Å²) in [7, 11) is 5.70. The minimum Gasteiger partial charge on any atom is -0.381 e. The molecule has 0 saturated carbocycles. The Balaban J connectivity index is 1.88. The van der Waals surface area contributed by atoms with Crippen LogP contribution in [0.1, 0.15) is 40.8 Å². The van der Waals surface area contributed by atoms with Crippen LogP contribution in [-0.2, 0) is 29.7 Å². The number of ether oxygens (including phenoxy) is 2. The van der Waals surface area contributed by atoms with Gasteiger partial charge in [0.2, 0.25) is 0 Å². The molecule has 0 aliphatic carbocycles. The zero-order valence-electron chi connectivity index (χ0n) is 15.7. The molecular weight excluding hydrogens is 318 g/mol. The van der Waals surface area contributed by atoms with Crippen LogP contribution < -0.4 is 4.90 Å². The van der Waals surface area contributed by atoms with Crippen molar-refractivity contribution < 1.29 is 9.47 Å². The molecule has 3 rings (SSSR count). The summed E-state index contributed by atoms with van der Waals surface area (Å²) in [5.41, 5.74) is 4.52. The van der Waals surface area contributed by atoms with Crippen molar-refractivity contribution in [2.45, 2.75) is 39.3 Å². The molecular formula is C18H27N5O2. The van der Waals surface area contributed by atoms with Crippen LogP contribution in [-0.4, -0.2) is 47.1 Å². The van der Waals surface area contributed by atoms with Crippen molar-refractivity contribution in [3.63, 3.8) is 0 Å². The highest BCUT2D eigenvalue weighted by Crippen LogP contribution is 2.27. The minimum absolute atomic E-state index is 0.340. The lowest BCUT2D eigenvalue weighted by Gasteiger charge is -2.21. The van der Waals surface area contributed by atoms with E-state index in [0.29, 0.717) is 18.3 Å². The number of aryl methyl sites for hydroxylation is 2. The van der Waals surface area contributed by atoms with Gasteiger partial charge in [0.15, 0.2) is 5.82 Å². The second-order valence-electron chi connectivity index (χ2n) is 6.69. The monoisotopic (exact) mass is 345 g/mol. The predicted octanol–water partition coefficient (Wildman–Crippen LogP) is 2.11. The Kier molecular flexibility index (Phi) is 5.34. The van der Waals surface area contributed by atoms with Gasteiger partial charge in [-0.1, -0.05) is 0 Å². The molecule has 1 unspecified atom stereocenters. The van der Waals surface area contributed by atoms with Crippen molar-refractivity contribution in [2.75, 3.05) is 32.3 Å². The fourth-order valence-electron chi connectivity index (χ4n) is 3.23. The molecule has 0 amide bonds. The maximum Gasteiger partial charge on any atom is 0.156 e. The SMILES string of the molecule is COCc1nc(C2CCOC2)cc(N(C)Cc2c(C)nn(C)c2C)n1. The highest BCUT2D eigenvalue weighted by atomic mass is 16.5. The first-order chi connectivity index (χ1) is 12.0. The van der Waals surface area contributed by atoms with Crippen molar-refractivity contribution in [3.8, 4) is 0 Å². The second-order valence-corrected chi connectivity index (χ2v) is 6.69. The van der Waals surface area contributed by atoms with Crippen LogP contribution in [0.3, 0.4) is 0 Å².